The van der Waals surface area contributed by atoms with Crippen molar-refractivity contribution in [2.75, 3.05) is 11.4 Å². The summed E-state index contributed by atoms with van der Waals surface area (Å²) in [6.45, 7) is 4.42. The molecule has 0 fully saturated rings. The topological polar surface area (TPSA) is 44.1 Å². The molecule has 0 spiro atoms. The quantitative estimate of drug-likeness (QED) is 0.856. The van der Waals surface area contributed by atoms with Crippen molar-refractivity contribution < 1.29 is 4.79 Å². The Morgan fingerprint density at radius 2 is 1.76 bits per heavy atom. The fraction of sp³-hybridized carbons (Fsp3) is 0.222. The molecule has 3 nitrogen and oxygen atoms in total. The number of anilines is 1. The highest BCUT2D eigenvalue weighted by molar-refractivity contribution is 6.00. The molecule has 2 aromatic carbocycles. The molecule has 2 aromatic rings. The van der Waals surface area contributed by atoms with Gasteiger partial charge in [-0.2, -0.15) is 5.26 Å². The van der Waals surface area contributed by atoms with Gasteiger partial charge in [0.15, 0.2) is 5.92 Å². The van der Waals surface area contributed by atoms with Crippen LogP contribution in [0.25, 0.3) is 0 Å². The molecule has 0 aliphatic carbocycles. The van der Waals surface area contributed by atoms with Crippen molar-refractivity contribution in [2.24, 2.45) is 0 Å². The lowest BCUT2D eigenvalue weighted by atomic mass is 9.98. The van der Waals surface area contributed by atoms with Crippen molar-refractivity contribution >= 4 is 11.6 Å². The first-order chi connectivity index (χ1) is 10.2. The summed E-state index contributed by atoms with van der Waals surface area (Å²) < 4.78 is 0. The van der Waals surface area contributed by atoms with Crippen LogP contribution in [0, 0.1) is 18.3 Å². The summed E-state index contributed by atoms with van der Waals surface area (Å²) in [5.41, 5.74) is 2.62. The molecule has 0 aliphatic heterocycles. The molecule has 3 heteroatoms. The number of carbonyl (C=O) groups excluding carboxylic acids is 1. The molecular formula is C18H18N2O. The Labute approximate surface area is 125 Å². The highest BCUT2D eigenvalue weighted by Crippen LogP contribution is 2.24. The number of hydrogen-bond donors (Lipinski definition) is 0. The summed E-state index contributed by atoms with van der Waals surface area (Å²) in [7, 11) is 0. The average molecular weight is 278 g/mol. The maximum atomic E-state index is 12.8. The average Bonchev–Trinajstić information content (AvgIpc) is 2.52. The molecule has 106 valence electrons. The van der Waals surface area contributed by atoms with E-state index in [-0.39, 0.29) is 5.91 Å². The molecule has 0 radical (unpaired) electrons. The van der Waals surface area contributed by atoms with Gasteiger partial charge < -0.3 is 4.90 Å². The van der Waals surface area contributed by atoms with Gasteiger partial charge in [0, 0.05) is 12.2 Å². The van der Waals surface area contributed by atoms with Crippen LogP contribution >= 0.6 is 0 Å². The third kappa shape index (κ3) is 3.11. The number of aryl methyl sites for hydroxylation is 1. The van der Waals surface area contributed by atoms with Crippen LogP contribution in [0.3, 0.4) is 0 Å². The van der Waals surface area contributed by atoms with E-state index in [1.54, 1.807) is 4.90 Å². The molecule has 0 heterocycles. The predicted molar refractivity (Wildman–Crippen MR) is 84.0 cm³/mol. The number of para-hydroxylation sites is 1. The van der Waals surface area contributed by atoms with Crippen molar-refractivity contribution in [2.45, 2.75) is 19.8 Å². The minimum Gasteiger partial charge on any atom is -0.311 e. The third-order valence-corrected chi connectivity index (χ3v) is 3.50. The van der Waals surface area contributed by atoms with E-state index in [2.05, 4.69) is 6.07 Å². The van der Waals surface area contributed by atoms with Crippen LogP contribution in [0.2, 0.25) is 0 Å². The number of hydrogen-bond acceptors (Lipinski definition) is 2. The van der Waals surface area contributed by atoms with Gasteiger partial charge in [0.1, 0.15) is 0 Å². The first-order valence-electron chi connectivity index (χ1n) is 7.00. The van der Waals surface area contributed by atoms with Crippen molar-refractivity contribution in [1.82, 2.24) is 0 Å². The van der Waals surface area contributed by atoms with Crippen molar-refractivity contribution in [1.29, 1.82) is 5.26 Å². The van der Waals surface area contributed by atoms with E-state index in [4.69, 9.17) is 0 Å². The zero-order valence-electron chi connectivity index (χ0n) is 12.3. The molecule has 0 saturated heterocycles. The zero-order valence-corrected chi connectivity index (χ0v) is 12.3. The van der Waals surface area contributed by atoms with E-state index in [0.717, 1.165) is 16.8 Å². The van der Waals surface area contributed by atoms with Crippen LogP contribution in [0.5, 0.6) is 0 Å². The Morgan fingerprint density at radius 3 is 2.33 bits per heavy atom. The van der Waals surface area contributed by atoms with Gasteiger partial charge in [-0.25, -0.2) is 0 Å². The van der Waals surface area contributed by atoms with E-state index in [0.29, 0.717) is 6.54 Å². The molecule has 1 atom stereocenters. The van der Waals surface area contributed by atoms with Gasteiger partial charge in [0.2, 0.25) is 5.91 Å². The van der Waals surface area contributed by atoms with Crippen LogP contribution < -0.4 is 4.90 Å². The number of rotatable bonds is 4. The molecule has 2 rings (SSSR count). The second-order valence-corrected chi connectivity index (χ2v) is 4.84. The number of benzene rings is 2. The second kappa shape index (κ2) is 6.71. The number of nitriles is 1. The summed E-state index contributed by atoms with van der Waals surface area (Å²) in [5, 5.41) is 9.41. The standard InChI is InChI=1S/C18H18N2O/c1-3-20(17-12-8-7-9-14(17)2)18(21)16(13-19)15-10-5-4-6-11-15/h4-12,16H,3H2,1-2H3. The lowest BCUT2D eigenvalue weighted by Crippen LogP contribution is -2.35. The van der Waals surface area contributed by atoms with Crippen LogP contribution in [-0.2, 0) is 4.79 Å². The summed E-state index contributed by atoms with van der Waals surface area (Å²) >= 11 is 0. The largest absolute Gasteiger partial charge is 0.311 e. The van der Waals surface area contributed by atoms with Crippen molar-refractivity contribution in [3.8, 4) is 6.07 Å². The molecule has 0 N–H and O–H groups in total. The Hall–Kier alpha value is -2.60. The maximum Gasteiger partial charge on any atom is 0.248 e. The van der Waals surface area contributed by atoms with Gasteiger partial charge in [-0.05, 0) is 31.0 Å². The fourth-order valence-corrected chi connectivity index (χ4v) is 2.38. The molecule has 1 unspecified atom stereocenters. The first-order valence-corrected chi connectivity index (χ1v) is 7.00. The summed E-state index contributed by atoms with van der Waals surface area (Å²) in [4.78, 5) is 14.4. The highest BCUT2D eigenvalue weighted by Gasteiger charge is 2.26. The maximum absolute atomic E-state index is 12.8. The Balaban J connectivity index is 2.36. The molecule has 0 bridgehead atoms. The molecular weight excluding hydrogens is 260 g/mol. The Morgan fingerprint density at radius 1 is 1.14 bits per heavy atom. The summed E-state index contributed by atoms with van der Waals surface area (Å²) in [5.74, 6) is -0.953. The fourth-order valence-electron chi connectivity index (χ4n) is 2.38. The number of carbonyl (C=O) groups is 1. The van der Waals surface area contributed by atoms with Gasteiger partial charge >= 0.3 is 0 Å². The van der Waals surface area contributed by atoms with Gasteiger partial charge in [0.25, 0.3) is 0 Å². The van der Waals surface area contributed by atoms with Gasteiger partial charge in [0.05, 0.1) is 6.07 Å². The SMILES string of the molecule is CCN(C(=O)C(C#N)c1ccccc1)c1ccccc1C. The first kappa shape index (κ1) is 14.8. The smallest absolute Gasteiger partial charge is 0.248 e. The van der Waals surface area contributed by atoms with Crippen molar-refractivity contribution in [3.05, 3.63) is 65.7 Å². The van der Waals surface area contributed by atoms with Crippen molar-refractivity contribution in [3.63, 3.8) is 0 Å². The van der Waals surface area contributed by atoms with E-state index in [9.17, 15) is 10.1 Å². The second-order valence-electron chi connectivity index (χ2n) is 4.84. The number of amides is 1. The summed E-state index contributed by atoms with van der Waals surface area (Å²) in [6, 6.07) is 19.1. The van der Waals surface area contributed by atoms with Crippen LogP contribution in [-0.4, -0.2) is 12.5 Å². The molecule has 0 aromatic heterocycles. The van der Waals surface area contributed by atoms with E-state index in [1.165, 1.54) is 0 Å². The Bertz CT molecular complexity index is 658. The van der Waals surface area contributed by atoms with Crippen LogP contribution in [0.1, 0.15) is 24.0 Å². The molecule has 1 amide bonds. The van der Waals surface area contributed by atoms with E-state index < -0.39 is 5.92 Å². The van der Waals surface area contributed by atoms with E-state index in [1.807, 2.05) is 68.4 Å². The predicted octanol–water partition coefficient (Wildman–Crippen LogP) is 3.66. The van der Waals surface area contributed by atoms with Gasteiger partial charge in [-0.3, -0.25) is 4.79 Å². The minimum absolute atomic E-state index is 0.180. The molecule has 0 aliphatic rings. The molecule has 0 saturated carbocycles. The Kier molecular flexibility index (Phi) is 4.73. The minimum atomic E-state index is -0.772. The highest BCUT2D eigenvalue weighted by atomic mass is 16.2. The summed E-state index contributed by atoms with van der Waals surface area (Å²) in [6.07, 6.45) is 0. The van der Waals surface area contributed by atoms with E-state index >= 15 is 0 Å². The lowest BCUT2D eigenvalue weighted by Gasteiger charge is -2.25. The lowest BCUT2D eigenvalue weighted by molar-refractivity contribution is -0.118. The van der Waals surface area contributed by atoms with Crippen LogP contribution in [0.15, 0.2) is 54.6 Å². The normalized spacial score (nSPS) is 11.5. The van der Waals surface area contributed by atoms with Crippen LogP contribution in [0.4, 0.5) is 5.69 Å². The number of nitrogens with zero attached hydrogens (tertiary/aromatic N) is 2. The van der Waals surface area contributed by atoms with Gasteiger partial charge in [-0.1, -0.05) is 48.5 Å². The molecule has 21 heavy (non-hydrogen) atoms. The third-order valence-electron chi connectivity index (χ3n) is 3.50. The van der Waals surface area contributed by atoms with Gasteiger partial charge in [-0.15, -0.1) is 0 Å². The zero-order chi connectivity index (χ0) is 15.2. The monoisotopic (exact) mass is 278 g/mol. The number of likely N-dealkylation sites (N-methyl/N-ethyl adjacent to an activating group) is 1.